The summed E-state index contributed by atoms with van der Waals surface area (Å²) in [6.45, 7) is 7.07. The van der Waals surface area contributed by atoms with Gasteiger partial charge in [-0.1, -0.05) is 6.08 Å². The van der Waals surface area contributed by atoms with E-state index in [1.54, 1.807) is 0 Å². The zero-order chi connectivity index (χ0) is 17.6. The van der Waals surface area contributed by atoms with Crippen LogP contribution in [0.2, 0.25) is 0 Å². The Morgan fingerprint density at radius 1 is 1.09 bits per heavy atom. The zero-order valence-electron chi connectivity index (χ0n) is 13.0. The van der Waals surface area contributed by atoms with Crippen molar-refractivity contribution < 1.29 is 38.1 Å². The lowest BCUT2D eigenvalue weighted by Gasteiger charge is -2.40. The van der Waals surface area contributed by atoms with E-state index >= 15 is 0 Å². The molecule has 8 nitrogen and oxygen atoms in total. The second-order valence-corrected chi connectivity index (χ2v) is 5.01. The van der Waals surface area contributed by atoms with Gasteiger partial charge in [-0.2, -0.15) is 0 Å². The number of hydrogen-bond donors (Lipinski definition) is 0. The molecule has 23 heavy (non-hydrogen) atoms. The molecule has 0 saturated carbocycles. The van der Waals surface area contributed by atoms with Crippen LogP contribution >= 0.6 is 12.2 Å². The third kappa shape index (κ3) is 5.61. The van der Waals surface area contributed by atoms with Crippen molar-refractivity contribution in [2.45, 2.75) is 45.4 Å². The predicted molar refractivity (Wildman–Crippen MR) is 80.3 cm³/mol. The zero-order valence-corrected chi connectivity index (χ0v) is 13.8. The van der Waals surface area contributed by atoms with Gasteiger partial charge >= 0.3 is 17.9 Å². The fraction of sp³-hybridized carbons (Fsp3) is 0.571. The lowest BCUT2D eigenvalue weighted by molar-refractivity contribution is -0.233. The molecule has 0 N–H and O–H groups in total. The summed E-state index contributed by atoms with van der Waals surface area (Å²) in [4.78, 5) is 33.9. The maximum atomic E-state index is 11.4. The highest BCUT2D eigenvalue weighted by Gasteiger charge is 2.50. The Kier molecular flexibility index (Phi) is 7.11. The van der Waals surface area contributed by atoms with E-state index in [9.17, 15) is 14.4 Å². The van der Waals surface area contributed by atoms with E-state index in [0.29, 0.717) is 0 Å². The van der Waals surface area contributed by atoms with Gasteiger partial charge in [-0.3, -0.25) is 14.4 Å². The summed E-state index contributed by atoms with van der Waals surface area (Å²) in [6.07, 6.45) is -3.21. The Bertz CT molecular complexity index is 503. The Morgan fingerprint density at radius 2 is 1.61 bits per heavy atom. The van der Waals surface area contributed by atoms with Crippen LogP contribution in [0.4, 0.5) is 0 Å². The van der Waals surface area contributed by atoms with Crippen molar-refractivity contribution in [1.29, 1.82) is 0 Å². The van der Waals surface area contributed by atoms with E-state index in [4.69, 9.17) is 35.9 Å². The summed E-state index contributed by atoms with van der Waals surface area (Å²) in [7, 11) is 0. The van der Waals surface area contributed by atoms with Gasteiger partial charge in [0.2, 0.25) is 23.5 Å². The van der Waals surface area contributed by atoms with Crippen LogP contribution < -0.4 is 0 Å². The number of carbonyl (C=O) groups excluding carboxylic acids is 3. The molecule has 128 valence electrons. The molecule has 1 heterocycles. The Labute approximate surface area is 138 Å². The first-order chi connectivity index (χ1) is 10.8. The van der Waals surface area contributed by atoms with Gasteiger partial charge < -0.3 is 23.7 Å². The third-order valence-corrected chi connectivity index (χ3v) is 2.96. The van der Waals surface area contributed by atoms with Gasteiger partial charge in [0.05, 0.1) is 6.61 Å². The summed E-state index contributed by atoms with van der Waals surface area (Å²) in [5.41, 5.74) is 0. The summed E-state index contributed by atoms with van der Waals surface area (Å²) in [5, 5.41) is -0.149. The van der Waals surface area contributed by atoms with Gasteiger partial charge in [-0.05, 0) is 12.2 Å². The number of rotatable bonds is 6. The van der Waals surface area contributed by atoms with Crippen molar-refractivity contribution in [3.63, 3.8) is 0 Å². The van der Waals surface area contributed by atoms with Crippen LogP contribution in [0.1, 0.15) is 20.8 Å². The van der Waals surface area contributed by atoms with Crippen LogP contribution in [-0.2, 0) is 38.1 Å². The third-order valence-electron chi connectivity index (χ3n) is 2.63. The molecule has 0 aliphatic carbocycles. The smallest absolute Gasteiger partial charge is 0.303 e. The summed E-state index contributed by atoms with van der Waals surface area (Å²) < 4.78 is 26.0. The standard InChI is InChI=1S/C14H18O8S/c1-5-6-18-13-11(20-8(3)16)10(19-7(2)15)12(14(23)22-13)21-9(4)17/h5,10-13H,1,6H2,2-4H3/t10-,11-,12+,13+/m1/s1. The topological polar surface area (TPSA) is 97.4 Å². The second kappa shape index (κ2) is 8.59. The number of ether oxygens (including phenoxy) is 5. The van der Waals surface area contributed by atoms with Crippen molar-refractivity contribution in [2.75, 3.05) is 6.61 Å². The summed E-state index contributed by atoms with van der Waals surface area (Å²) in [6, 6.07) is 0. The lowest BCUT2D eigenvalue weighted by atomic mass is 10.0. The Morgan fingerprint density at radius 3 is 2.09 bits per heavy atom. The number of hydrogen-bond acceptors (Lipinski definition) is 9. The summed E-state index contributed by atoms with van der Waals surface area (Å²) >= 11 is 5.03. The van der Waals surface area contributed by atoms with E-state index in [-0.39, 0.29) is 11.7 Å². The molecule has 0 unspecified atom stereocenters. The first-order valence-corrected chi connectivity index (χ1v) is 7.11. The van der Waals surface area contributed by atoms with E-state index < -0.39 is 42.5 Å². The Hall–Kier alpha value is -2.00. The van der Waals surface area contributed by atoms with Crippen LogP contribution in [0.15, 0.2) is 12.7 Å². The van der Waals surface area contributed by atoms with Crippen molar-refractivity contribution in [2.24, 2.45) is 0 Å². The highest BCUT2D eigenvalue weighted by atomic mass is 32.1. The summed E-state index contributed by atoms with van der Waals surface area (Å²) in [5.74, 6) is -1.99. The monoisotopic (exact) mass is 346 g/mol. The molecular formula is C14H18O8S. The van der Waals surface area contributed by atoms with E-state index in [1.165, 1.54) is 13.0 Å². The number of carbonyl (C=O) groups is 3. The average molecular weight is 346 g/mol. The quantitative estimate of drug-likeness (QED) is 0.297. The minimum absolute atomic E-state index is 0.0794. The normalized spacial score (nSPS) is 26.7. The molecule has 0 spiro atoms. The van der Waals surface area contributed by atoms with Gasteiger partial charge in [0.15, 0.2) is 6.10 Å². The van der Waals surface area contributed by atoms with E-state index in [1.807, 2.05) is 0 Å². The first kappa shape index (κ1) is 19.0. The van der Waals surface area contributed by atoms with Crippen LogP contribution in [0.25, 0.3) is 0 Å². The molecular weight excluding hydrogens is 328 g/mol. The second-order valence-electron chi connectivity index (χ2n) is 4.61. The van der Waals surface area contributed by atoms with Crippen molar-refractivity contribution >= 4 is 35.2 Å². The molecule has 1 saturated heterocycles. The molecule has 0 aromatic carbocycles. The highest BCUT2D eigenvalue weighted by molar-refractivity contribution is 7.80. The molecule has 1 aliphatic rings. The molecule has 4 atom stereocenters. The SMILES string of the molecule is C=CCO[C@H]1OC(=S)[C@@H](OC(C)=O)[C@H](OC(C)=O)[C@H]1OC(C)=O. The largest absolute Gasteiger partial charge is 0.454 e. The molecule has 1 fully saturated rings. The highest BCUT2D eigenvalue weighted by Crippen LogP contribution is 2.27. The van der Waals surface area contributed by atoms with Gasteiger partial charge in [0.1, 0.15) is 0 Å². The molecule has 0 aromatic rings. The van der Waals surface area contributed by atoms with Gasteiger partial charge in [-0.15, -0.1) is 6.58 Å². The van der Waals surface area contributed by atoms with Crippen LogP contribution in [0.3, 0.4) is 0 Å². The number of thiocarbonyl (C=S) groups is 1. The first-order valence-electron chi connectivity index (χ1n) is 6.71. The number of esters is 3. The average Bonchev–Trinajstić information content (AvgIpc) is 2.42. The minimum Gasteiger partial charge on any atom is -0.454 e. The predicted octanol–water partition coefficient (Wildman–Crippen LogP) is 0.668. The van der Waals surface area contributed by atoms with Crippen LogP contribution in [0, 0.1) is 0 Å². The van der Waals surface area contributed by atoms with Gasteiger partial charge in [-0.25, -0.2) is 0 Å². The molecule has 0 bridgehead atoms. The lowest BCUT2D eigenvalue weighted by Crippen LogP contribution is -2.59. The molecule has 9 heteroatoms. The fourth-order valence-corrected chi connectivity index (χ4v) is 2.21. The van der Waals surface area contributed by atoms with E-state index in [2.05, 4.69) is 6.58 Å². The molecule has 0 radical (unpaired) electrons. The van der Waals surface area contributed by atoms with Crippen LogP contribution in [0.5, 0.6) is 0 Å². The maximum Gasteiger partial charge on any atom is 0.303 e. The Balaban J connectivity index is 3.13. The van der Waals surface area contributed by atoms with Crippen molar-refractivity contribution in [1.82, 2.24) is 0 Å². The van der Waals surface area contributed by atoms with Gasteiger partial charge in [0, 0.05) is 20.8 Å². The van der Waals surface area contributed by atoms with Crippen molar-refractivity contribution in [3.05, 3.63) is 12.7 Å². The molecule has 1 rings (SSSR count). The fourth-order valence-electron chi connectivity index (χ4n) is 1.93. The molecule has 0 amide bonds. The molecule has 1 aliphatic heterocycles. The maximum absolute atomic E-state index is 11.4. The van der Waals surface area contributed by atoms with Gasteiger partial charge in [0.25, 0.3) is 0 Å². The van der Waals surface area contributed by atoms with E-state index in [0.717, 1.165) is 13.8 Å². The van der Waals surface area contributed by atoms with Crippen LogP contribution in [-0.4, -0.2) is 54.2 Å². The minimum atomic E-state index is -1.20. The van der Waals surface area contributed by atoms with Crippen molar-refractivity contribution in [3.8, 4) is 0 Å². The molecule has 0 aromatic heterocycles.